The molecule has 4 N–H and O–H groups in total. The Morgan fingerprint density at radius 3 is 1.41 bits per heavy atom. The summed E-state index contributed by atoms with van der Waals surface area (Å²) < 4.78 is 11.4. The maximum Gasteiger partial charge on any atom is 0.258 e. The molecule has 0 bridgehead atoms. The van der Waals surface area contributed by atoms with E-state index in [0.717, 1.165) is 13.8 Å². The minimum Gasteiger partial charge on any atom is -0.492 e. The first-order chi connectivity index (χ1) is 33.4. The summed E-state index contributed by atoms with van der Waals surface area (Å²) in [5.74, 6) is -3.62. The Balaban J connectivity index is 1.29. The van der Waals surface area contributed by atoms with Crippen LogP contribution in [-0.2, 0) is 25.1 Å². The lowest BCUT2D eigenvalue weighted by molar-refractivity contribution is -0.127. The molecular formula is C49H47Cl5N8O8. The Morgan fingerprint density at radius 2 is 1.01 bits per heavy atom. The quantitative estimate of drug-likeness (QED) is 0.0314. The van der Waals surface area contributed by atoms with Crippen molar-refractivity contribution in [1.82, 2.24) is 0 Å². The van der Waals surface area contributed by atoms with Gasteiger partial charge in [-0.1, -0.05) is 59.6 Å². The van der Waals surface area contributed by atoms with Gasteiger partial charge in [-0.15, -0.1) is 34.8 Å². The number of azo groups is 2. The monoisotopic (exact) mass is 1050 g/mol. The molecule has 0 aromatic heterocycles. The van der Waals surface area contributed by atoms with Gasteiger partial charge in [0.2, 0.25) is 12.1 Å². The molecular weight excluding hydrogens is 1010 g/mol. The zero-order valence-electron chi connectivity index (χ0n) is 38.5. The van der Waals surface area contributed by atoms with Gasteiger partial charge in [0.1, 0.15) is 22.9 Å². The Morgan fingerprint density at radius 1 is 0.586 bits per heavy atom. The van der Waals surface area contributed by atoms with Crippen molar-refractivity contribution in [2.75, 3.05) is 34.5 Å². The number of amides is 4. The topological polar surface area (TPSA) is 218 Å². The molecule has 5 aromatic rings. The van der Waals surface area contributed by atoms with Gasteiger partial charge in [-0.3, -0.25) is 28.8 Å². The zero-order valence-corrected chi connectivity index (χ0v) is 42.3. The molecule has 4 atom stereocenters. The highest BCUT2D eigenvalue weighted by atomic mass is 35.5. The summed E-state index contributed by atoms with van der Waals surface area (Å²) in [5, 5.41) is 25.8. The first-order valence-corrected chi connectivity index (χ1v) is 23.7. The van der Waals surface area contributed by atoms with Crippen LogP contribution in [0.4, 0.5) is 34.1 Å². The number of rotatable bonds is 21. The fourth-order valence-electron chi connectivity index (χ4n) is 6.68. The number of ketones is 2. The van der Waals surface area contributed by atoms with Crippen LogP contribution in [0.1, 0.15) is 89.7 Å². The molecule has 70 heavy (non-hydrogen) atoms. The van der Waals surface area contributed by atoms with Gasteiger partial charge in [0.15, 0.2) is 11.6 Å². The van der Waals surface area contributed by atoms with E-state index in [4.69, 9.17) is 67.5 Å². The highest BCUT2D eigenvalue weighted by molar-refractivity contribution is 6.37. The molecule has 0 radical (unpaired) electrons. The fraction of sp³-hybridized carbons (Fsp3) is 0.265. The average molecular weight is 1050 g/mol. The number of carbonyl (C=O) groups excluding carboxylic acids is 6. The SMILES string of the molecule is CCOc1cccc(C(C)Cl)c1NC(=O)c1cccc(N=NC(C(C)=O)C(=O)Nc2ccc(NC(=O)C(N=Nc3cccc(C(=O)Nc4c(OCC)cccc4C(C)Cl)c3Cl)C(C)=O)c(CCl)c2)c1Cl. The van der Waals surface area contributed by atoms with E-state index in [1.54, 1.807) is 64.1 Å². The van der Waals surface area contributed by atoms with E-state index in [-0.39, 0.29) is 49.8 Å². The number of anilines is 4. The second-order valence-corrected chi connectivity index (χ2v) is 17.5. The number of nitrogens with one attached hydrogen (secondary N) is 4. The highest BCUT2D eigenvalue weighted by Crippen LogP contribution is 2.39. The third kappa shape index (κ3) is 13.7. The second kappa shape index (κ2) is 25.4. The maximum atomic E-state index is 13.5. The van der Waals surface area contributed by atoms with Crippen LogP contribution in [0.25, 0.3) is 0 Å². The number of halogens is 5. The van der Waals surface area contributed by atoms with Gasteiger partial charge in [-0.2, -0.15) is 20.5 Å². The van der Waals surface area contributed by atoms with E-state index >= 15 is 0 Å². The molecule has 5 rings (SSSR count). The van der Waals surface area contributed by atoms with Crippen LogP contribution < -0.4 is 30.7 Å². The van der Waals surface area contributed by atoms with Crippen molar-refractivity contribution in [3.63, 3.8) is 0 Å². The first kappa shape index (κ1) is 54.5. The molecule has 21 heteroatoms. The number of ether oxygens (including phenoxy) is 2. The molecule has 0 fully saturated rings. The van der Waals surface area contributed by atoms with E-state index in [2.05, 4.69) is 41.7 Å². The van der Waals surface area contributed by atoms with Gasteiger partial charge in [-0.25, -0.2) is 0 Å². The van der Waals surface area contributed by atoms with Gasteiger partial charge in [-0.05, 0) is 113 Å². The van der Waals surface area contributed by atoms with Gasteiger partial charge in [0.25, 0.3) is 23.6 Å². The van der Waals surface area contributed by atoms with E-state index < -0.39 is 58.0 Å². The Labute approximate surface area is 428 Å². The van der Waals surface area contributed by atoms with Crippen molar-refractivity contribution in [2.45, 2.75) is 70.3 Å². The van der Waals surface area contributed by atoms with Crippen molar-refractivity contribution in [2.24, 2.45) is 20.5 Å². The molecule has 366 valence electrons. The predicted octanol–water partition coefficient (Wildman–Crippen LogP) is 13.0. The van der Waals surface area contributed by atoms with Crippen molar-refractivity contribution in [3.8, 4) is 11.5 Å². The Hall–Kier alpha value is -6.43. The standard InChI is InChI=1S/C49H47Cl5N8O8/c1-7-69-38-19-11-13-31(25(3)51)44(38)57-46(65)33-15-9-17-36(40(33)53)59-61-42(27(5)63)48(67)55-30-21-22-35(29(23-30)24-50)56-49(68)43(28(6)64)62-60-37-18-10-16-34(41(37)54)47(66)58-45-32(26(4)52)14-12-20-39(45)70-8-2/h9-23,25-26,42-43H,7-8,24H2,1-6H3,(H,55,67)(H,56,68)(H,57,65)(H,58,66). The molecule has 0 saturated heterocycles. The third-order valence-corrected chi connectivity index (χ3v) is 11.7. The van der Waals surface area contributed by atoms with Crippen molar-refractivity contribution < 1.29 is 38.2 Å². The van der Waals surface area contributed by atoms with Crippen LogP contribution in [-0.4, -0.2) is 60.5 Å². The average Bonchev–Trinajstić information content (AvgIpc) is 3.31. The molecule has 4 unspecified atom stereocenters. The summed E-state index contributed by atoms with van der Waals surface area (Å²) in [6.45, 7) is 10.1. The number of carbonyl (C=O) groups is 6. The van der Waals surface area contributed by atoms with Crippen LogP contribution in [0, 0.1) is 0 Å². The molecule has 0 spiro atoms. The third-order valence-electron chi connectivity index (χ3n) is 10.1. The minimum absolute atomic E-state index is 0.00104. The summed E-state index contributed by atoms with van der Waals surface area (Å²) in [7, 11) is 0. The van der Waals surface area contributed by atoms with E-state index in [0.29, 0.717) is 52.8 Å². The Bertz CT molecular complexity index is 2860. The number of para-hydroxylation sites is 2. The first-order valence-electron chi connectivity index (χ1n) is 21.5. The van der Waals surface area contributed by atoms with Gasteiger partial charge in [0.05, 0.1) is 56.5 Å². The number of alkyl halides is 3. The van der Waals surface area contributed by atoms with Gasteiger partial charge < -0.3 is 30.7 Å². The van der Waals surface area contributed by atoms with Crippen LogP contribution in [0.5, 0.6) is 11.5 Å². The van der Waals surface area contributed by atoms with Crippen molar-refractivity contribution >= 4 is 127 Å². The number of benzene rings is 5. The lowest BCUT2D eigenvalue weighted by Crippen LogP contribution is -2.32. The number of hydrogen-bond donors (Lipinski definition) is 4. The lowest BCUT2D eigenvalue weighted by atomic mass is 10.1. The minimum atomic E-state index is -1.66. The van der Waals surface area contributed by atoms with Crippen LogP contribution in [0.3, 0.4) is 0 Å². The maximum absolute atomic E-state index is 13.5. The summed E-state index contributed by atoms with van der Waals surface area (Å²) >= 11 is 32.3. The molecule has 0 aliphatic heterocycles. The van der Waals surface area contributed by atoms with Gasteiger partial charge in [0, 0.05) is 17.3 Å². The highest BCUT2D eigenvalue weighted by Gasteiger charge is 2.27. The molecule has 0 aliphatic carbocycles. The second-order valence-electron chi connectivity index (χ2n) is 15.2. The van der Waals surface area contributed by atoms with Gasteiger partial charge >= 0.3 is 0 Å². The molecule has 0 heterocycles. The molecule has 0 saturated carbocycles. The summed E-state index contributed by atoms with van der Waals surface area (Å²) in [4.78, 5) is 79.5. The number of nitrogens with zero attached hydrogens (tertiary/aromatic N) is 4. The lowest BCUT2D eigenvalue weighted by Gasteiger charge is -2.17. The fourth-order valence-corrected chi connectivity index (χ4v) is 7.76. The van der Waals surface area contributed by atoms with Crippen LogP contribution in [0.2, 0.25) is 10.0 Å². The smallest absolute Gasteiger partial charge is 0.258 e. The number of Topliss-reactive ketones (excluding diaryl/α,β-unsaturated/α-hetero) is 2. The normalized spacial score (nSPS) is 13.0. The summed E-state index contributed by atoms with van der Waals surface area (Å²) in [6, 6.07) is 20.3. The summed E-state index contributed by atoms with van der Waals surface area (Å²) in [5.41, 5.74) is 2.68. The van der Waals surface area contributed by atoms with E-state index in [1.807, 2.05) is 0 Å². The molecule has 5 aromatic carbocycles. The van der Waals surface area contributed by atoms with Crippen molar-refractivity contribution in [3.05, 3.63) is 129 Å². The van der Waals surface area contributed by atoms with E-state index in [1.165, 1.54) is 54.6 Å². The Kier molecular flexibility index (Phi) is 19.8. The van der Waals surface area contributed by atoms with Crippen molar-refractivity contribution in [1.29, 1.82) is 0 Å². The predicted molar refractivity (Wildman–Crippen MR) is 274 cm³/mol. The molecule has 16 nitrogen and oxygen atoms in total. The van der Waals surface area contributed by atoms with Crippen LogP contribution >= 0.6 is 58.0 Å². The van der Waals surface area contributed by atoms with E-state index in [9.17, 15) is 28.8 Å². The largest absolute Gasteiger partial charge is 0.492 e. The zero-order chi connectivity index (χ0) is 51.2. The summed E-state index contributed by atoms with van der Waals surface area (Å²) in [6.07, 6.45) is 0. The molecule has 0 aliphatic rings. The molecule has 4 amide bonds. The number of hydrogen-bond acceptors (Lipinski definition) is 12. The van der Waals surface area contributed by atoms with Crippen LogP contribution in [0.15, 0.2) is 111 Å².